The highest BCUT2D eigenvalue weighted by atomic mass is 19.1. The van der Waals surface area contributed by atoms with Crippen molar-refractivity contribution in [3.63, 3.8) is 0 Å². The highest BCUT2D eigenvalue weighted by Crippen LogP contribution is 2.32. The Morgan fingerprint density at radius 3 is 2.61 bits per heavy atom. The summed E-state index contributed by atoms with van der Waals surface area (Å²) in [6, 6.07) is 7.95. The summed E-state index contributed by atoms with van der Waals surface area (Å²) in [6.07, 6.45) is 0.724. The molecule has 0 saturated carbocycles. The normalized spacial score (nSPS) is 12.2. The van der Waals surface area contributed by atoms with E-state index in [1.54, 1.807) is 37.4 Å². The first-order valence-corrected chi connectivity index (χ1v) is 5.65. The number of halogens is 1. The van der Waals surface area contributed by atoms with Crippen molar-refractivity contribution in [1.29, 1.82) is 0 Å². The first-order valence-electron chi connectivity index (χ1n) is 5.65. The lowest BCUT2D eigenvalue weighted by Crippen LogP contribution is -2.00. The fourth-order valence-corrected chi connectivity index (χ4v) is 1.71. The highest BCUT2D eigenvalue weighted by molar-refractivity contribution is 5.40. The smallest absolute Gasteiger partial charge is 0.148 e. The highest BCUT2D eigenvalue weighted by Gasteiger charge is 2.15. The van der Waals surface area contributed by atoms with Crippen LogP contribution in [0.3, 0.4) is 0 Å². The maximum absolute atomic E-state index is 13.6. The minimum atomic E-state index is -0.932. The van der Waals surface area contributed by atoms with Gasteiger partial charge in [0.05, 0.1) is 17.4 Å². The number of hydrogen-bond acceptors (Lipinski definition) is 3. The topological polar surface area (TPSA) is 42.4 Å². The summed E-state index contributed by atoms with van der Waals surface area (Å²) in [5.41, 5.74) is 0.860. The van der Waals surface area contributed by atoms with Crippen LogP contribution in [0.5, 0.6) is 11.5 Å². The Balaban J connectivity index is 2.41. The van der Waals surface area contributed by atoms with Crippen molar-refractivity contribution >= 4 is 0 Å². The Morgan fingerprint density at radius 1 is 1.22 bits per heavy atom. The van der Waals surface area contributed by atoms with Crippen molar-refractivity contribution < 1.29 is 14.2 Å². The molecule has 18 heavy (non-hydrogen) atoms. The van der Waals surface area contributed by atoms with Crippen molar-refractivity contribution in [2.75, 3.05) is 0 Å². The molecule has 0 aliphatic carbocycles. The Hall–Kier alpha value is -1.94. The van der Waals surface area contributed by atoms with Crippen LogP contribution >= 0.6 is 0 Å². The first-order chi connectivity index (χ1) is 8.59. The zero-order valence-corrected chi connectivity index (χ0v) is 10.2. The van der Waals surface area contributed by atoms with Crippen LogP contribution in [0.1, 0.15) is 24.3 Å². The molecule has 2 aromatic rings. The van der Waals surface area contributed by atoms with Crippen LogP contribution in [0.4, 0.5) is 4.39 Å². The molecule has 4 heteroatoms. The van der Waals surface area contributed by atoms with E-state index in [2.05, 4.69) is 4.98 Å². The van der Waals surface area contributed by atoms with Gasteiger partial charge in [0.25, 0.3) is 0 Å². The Labute approximate surface area is 105 Å². The molecule has 1 aromatic heterocycles. The van der Waals surface area contributed by atoms with Crippen LogP contribution in [-0.2, 0) is 0 Å². The van der Waals surface area contributed by atoms with E-state index < -0.39 is 11.9 Å². The number of aliphatic hydroxyl groups excluding tert-OH is 1. The van der Waals surface area contributed by atoms with E-state index >= 15 is 0 Å². The lowest BCUT2D eigenvalue weighted by Gasteiger charge is -2.14. The lowest BCUT2D eigenvalue weighted by atomic mass is 10.1. The molecule has 0 bridgehead atoms. The van der Waals surface area contributed by atoms with E-state index in [0.717, 1.165) is 0 Å². The van der Waals surface area contributed by atoms with E-state index in [9.17, 15) is 9.50 Å². The van der Waals surface area contributed by atoms with E-state index in [1.165, 1.54) is 13.0 Å². The summed E-state index contributed by atoms with van der Waals surface area (Å²) in [5.74, 6) is 0.371. The van der Waals surface area contributed by atoms with Crippen molar-refractivity contribution in [2.24, 2.45) is 0 Å². The first kappa shape index (κ1) is 12.5. The lowest BCUT2D eigenvalue weighted by molar-refractivity contribution is 0.190. The Morgan fingerprint density at radius 2 is 1.94 bits per heavy atom. The fraction of sp³-hybridized carbons (Fsp3) is 0.214. The largest absolute Gasteiger partial charge is 0.455 e. The van der Waals surface area contributed by atoms with Crippen molar-refractivity contribution in [2.45, 2.75) is 20.0 Å². The maximum atomic E-state index is 13.6. The molecule has 1 atom stereocenters. The minimum absolute atomic E-state index is 0.153. The second kappa shape index (κ2) is 5.14. The third-order valence-corrected chi connectivity index (χ3v) is 2.61. The van der Waals surface area contributed by atoms with Gasteiger partial charge >= 0.3 is 0 Å². The number of aliphatic hydroxyl groups is 1. The van der Waals surface area contributed by atoms with E-state index in [-0.39, 0.29) is 5.56 Å². The number of hydrogen-bond donors (Lipinski definition) is 1. The van der Waals surface area contributed by atoms with Gasteiger partial charge in [-0.1, -0.05) is 6.07 Å². The molecule has 0 unspecified atom stereocenters. The quantitative estimate of drug-likeness (QED) is 0.904. The van der Waals surface area contributed by atoms with E-state index in [1.807, 2.05) is 0 Å². The molecule has 0 radical (unpaired) electrons. The number of aromatic nitrogens is 1. The zero-order chi connectivity index (χ0) is 13.1. The Kier molecular flexibility index (Phi) is 3.58. The number of aryl methyl sites for hydroxylation is 1. The zero-order valence-electron chi connectivity index (χ0n) is 10.2. The standard InChI is InChI=1S/C14H14FNO2/c1-9-12(7-4-8-16-9)18-13-6-3-5-11(15)14(13)10(2)17/h3-8,10,17H,1-2H3/t10-/m1/s1. The van der Waals surface area contributed by atoms with Gasteiger partial charge in [-0.3, -0.25) is 4.98 Å². The van der Waals surface area contributed by atoms with Gasteiger partial charge in [0.2, 0.25) is 0 Å². The summed E-state index contributed by atoms with van der Waals surface area (Å²) in [6.45, 7) is 3.30. The van der Waals surface area contributed by atoms with Crippen LogP contribution in [0, 0.1) is 12.7 Å². The molecule has 1 N–H and O–H groups in total. The SMILES string of the molecule is Cc1ncccc1Oc1cccc(F)c1[C@@H](C)O. The molecule has 0 saturated heterocycles. The van der Waals surface area contributed by atoms with Gasteiger partial charge in [-0.2, -0.15) is 0 Å². The molecule has 0 fully saturated rings. The van der Waals surface area contributed by atoms with Crippen LogP contribution in [0.2, 0.25) is 0 Å². The van der Waals surface area contributed by atoms with E-state index in [4.69, 9.17) is 4.74 Å². The van der Waals surface area contributed by atoms with Gasteiger partial charge in [-0.25, -0.2) is 4.39 Å². The molecule has 0 amide bonds. The average molecular weight is 247 g/mol. The number of pyridine rings is 1. The Bertz CT molecular complexity index is 555. The third-order valence-electron chi connectivity index (χ3n) is 2.61. The minimum Gasteiger partial charge on any atom is -0.455 e. The van der Waals surface area contributed by atoms with Crippen LogP contribution in [0.25, 0.3) is 0 Å². The average Bonchev–Trinajstić information content (AvgIpc) is 2.31. The molecular weight excluding hydrogens is 233 g/mol. The maximum Gasteiger partial charge on any atom is 0.148 e. The fourth-order valence-electron chi connectivity index (χ4n) is 1.71. The summed E-state index contributed by atoms with van der Waals surface area (Å²) in [7, 11) is 0. The predicted molar refractivity (Wildman–Crippen MR) is 66.1 cm³/mol. The molecule has 1 heterocycles. The number of rotatable bonds is 3. The van der Waals surface area contributed by atoms with Crippen LogP contribution < -0.4 is 4.74 Å². The number of ether oxygens (including phenoxy) is 1. The summed E-state index contributed by atoms with van der Waals surface area (Å²) < 4.78 is 19.3. The summed E-state index contributed by atoms with van der Waals surface area (Å²) >= 11 is 0. The molecule has 0 spiro atoms. The van der Waals surface area contributed by atoms with Crippen LogP contribution in [-0.4, -0.2) is 10.1 Å². The molecule has 1 aromatic carbocycles. The molecule has 2 rings (SSSR count). The molecule has 0 aliphatic heterocycles. The third kappa shape index (κ3) is 2.49. The summed E-state index contributed by atoms with van der Waals surface area (Å²) in [4.78, 5) is 4.09. The second-order valence-electron chi connectivity index (χ2n) is 4.02. The number of benzene rings is 1. The van der Waals surface area contributed by atoms with Gasteiger partial charge in [0.1, 0.15) is 17.3 Å². The van der Waals surface area contributed by atoms with E-state index in [0.29, 0.717) is 17.2 Å². The van der Waals surface area contributed by atoms with Crippen LogP contribution in [0.15, 0.2) is 36.5 Å². The van der Waals surface area contributed by atoms with Gasteiger partial charge in [0.15, 0.2) is 0 Å². The van der Waals surface area contributed by atoms with Gasteiger partial charge < -0.3 is 9.84 Å². The van der Waals surface area contributed by atoms with Gasteiger partial charge in [-0.15, -0.1) is 0 Å². The summed E-state index contributed by atoms with van der Waals surface area (Å²) in [5, 5.41) is 9.60. The van der Waals surface area contributed by atoms with Crippen molar-refractivity contribution in [3.05, 3.63) is 53.6 Å². The predicted octanol–water partition coefficient (Wildman–Crippen LogP) is 3.37. The van der Waals surface area contributed by atoms with Crippen molar-refractivity contribution in [3.8, 4) is 11.5 Å². The molecule has 0 aliphatic rings. The molecular formula is C14H14FNO2. The molecule has 3 nitrogen and oxygen atoms in total. The van der Waals surface area contributed by atoms with Gasteiger partial charge in [-0.05, 0) is 38.1 Å². The monoisotopic (exact) mass is 247 g/mol. The van der Waals surface area contributed by atoms with Crippen molar-refractivity contribution in [1.82, 2.24) is 4.98 Å². The van der Waals surface area contributed by atoms with Gasteiger partial charge in [0, 0.05) is 6.20 Å². The number of nitrogens with zero attached hydrogens (tertiary/aromatic N) is 1. The second-order valence-corrected chi connectivity index (χ2v) is 4.02. The molecule has 94 valence electrons.